The topological polar surface area (TPSA) is 111 Å². The number of anilines is 1. The molecule has 0 atom stereocenters. The third kappa shape index (κ3) is 4.17. The maximum atomic E-state index is 12.4. The Kier molecular flexibility index (Phi) is 5.04. The number of benzene rings is 3. The zero-order valence-corrected chi connectivity index (χ0v) is 17.2. The van der Waals surface area contributed by atoms with Gasteiger partial charge in [0.05, 0.1) is 16.7 Å². The molecule has 2 heterocycles. The number of H-pyrrole nitrogens is 1. The Morgan fingerprint density at radius 1 is 1.09 bits per heavy atom. The van der Waals surface area contributed by atoms with Crippen molar-refractivity contribution in [3.8, 4) is 22.8 Å². The molecule has 0 spiro atoms. The van der Waals surface area contributed by atoms with Crippen LogP contribution in [0.15, 0.2) is 73.1 Å². The van der Waals surface area contributed by atoms with Crippen LogP contribution in [0.2, 0.25) is 0 Å². The molecular formula is C23H19N7O2. The standard InChI is InChI=1S/C23H19N7O2/c1-15-8-9-20-21(10-15)27-23(26-20)16-4-2-5-17(11-16)25-22(31)13-32-19-7-3-6-18(12-19)30-14-24-28-29-30/h2-12,14H,13H2,1H3,(H,25,31)(H,26,27). The van der Waals surface area contributed by atoms with E-state index in [1.807, 2.05) is 55.5 Å². The van der Waals surface area contributed by atoms with Crippen LogP contribution in [0.5, 0.6) is 5.75 Å². The molecule has 2 N–H and O–H groups in total. The summed E-state index contributed by atoms with van der Waals surface area (Å²) in [5.74, 6) is 1.02. The normalized spacial score (nSPS) is 10.9. The number of aryl methyl sites for hydroxylation is 1. The van der Waals surface area contributed by atoms with Gasteiger partial charge in [0.15, 0.2) is 6.61 Å². The molecule has 2 aromatic heterocycles. The van der Waals surface area contributed by atoms with Gasteiger partial charge in [0, 0.05) is 17.3 Å². The molecule has 3 aromatic carbocycles. The number of carbonyl (C=O) groups excluding carboxylic acids is 1. The van der Waals surface area contributed by atoms with Gasteiger partial charge < -0.3 is 15.0 Å². The van der Waals surface area contributed by atoms with E-state index >= 15 is 0 Å². The lowest BCUT2D eigenvalue weighted by Crippen LogP contribution is -2.20. The molecule has 9 heteroatoms. The van der Waals surface area contributed by atoms with E-state index in [1.54, 1.807) is 12.1 Å². The van der Waals surface area contributed by atoms with Crippen LogP contribution in [-0.2, 0) is 4.79 Å². The largest absolute Gasteiger partial charge is 0.484 e. The molecule has 0 aliphatic heterocycles. The maximum Gasteiger partial charge on any atom is 0.262 e. The van der Waals surface area contributed by atoms with Crippen molar-refractivity contribution >= 4 is 22.6 Å². The first kappa shape index (κ1) is 19.4. The smallest absolute Gasteiger partial charge is 0.262 e. The van der Waals surface area contributed by atoms with Crippen LogP contribution in [0, 0.1) is 6.92 Å². The number of imidazole rings is 1. The molecule has 0 fully saturated rings. The number of hydrogen-bond donors (Lipinski definition) is 2. The number of hydrogen-bond acceptors (Lipinski definition) is 6. The van der Waals surface area contributed by atoms with Gasteiger partial charge in [-0.2, -0.15) is 0 Å². The fraction of sp³-hybridized carbons (Fsp3) is 0.0870. The monoisotopic (exact) mass is 425 g/mol. The van der Waals surface area contributed by atoms with Crippen LogP contribution >= 0.6 is 0 Å². The molecule has 1 amide bonds. The Bertz CT molecular complexity index is 1390. The van der Waals surface area contributed by atoms with Crippen molar-refractivity contribution in [3.05, 3.63) is 78.6 Å². The quantitative estimate of drug-likeness (QED) is 0.431. The SMILES string of the molecule is Cc1ccc2nc(-c3cccc(NC(=O)COc4cccc(-n5cnnn5)c4)c3)[nH]c2c1. The summed E-state index contributed by atoms with van der Waals surface area (Å²) >= 11 is 0. The number of rotatable bonds is 6. The van der Waals surface area contributed by atoms with Crippen LogP contribution in [0.25, 0.3) is 28.1 Å². The van der Waals surface area contributed by atoms with Gasteiger partial charge >= 0.3 is 0 Å². The minimum Gasteiger partial charge on any atom is -0.484 e. The van der Waals surface area contributed by atoms with Crippen LogP contribution in [-0.4, -0.2) is 42.7 Å². The van der Waals surface area contributed by atoms with Gasteiger partial charge in [-0.25, -0.2) is 9.67 Å². The van der Waals surface area contributed by atoms with Gasteiger partial charge in [-0.15, -0.1) is 5.10 Å². The molecule has 9 nitrogen and oxygen atoms in total. The van der Waals surface area contributed by atoms with Crippen molar-refractivity contribution in [2.75, 3.05) is 11.9 Å². The van der Waals surface area contributed by atoms with Crippen LogP contribution < -0.4 is 10.1 Å². The van der Waals surface area contributed by atoms with E-state index in [4.69, 9.17) is 4.74 Å². The van der Waals surface area contributed by atoms with Crippen molar-refractivity contribution in [2.24, 2.45) is 0 Å². The summed E-state index contributed by atoms with van der Waals surface area (Å²) in [4.78, 5) is 20.4. The van der Waals surface area contributed by atoms with Crippen LogP contribution in [0.1, 0.15) is 5.56 Å². The van der Waals surface area contributed by atoms with Gasteiger partial charge in [0.1, 0.15) is 17.9 Å². The van der Waals surface area contributed by atoms with Gasteiger partial charge in [0.2, 0.25) is 0 Å². The van der Waals surface area contributed by atoms with Crippen molar-refractivity contribution in [1.82, 2.24) is 30.2 Å². The molecule has 32 heavy (non-hydrogen) atoms. The van der Waals surface area contributed by atoms with E-state index in [1.165, 1.54) is 11.0 Å². The predicted molar refractivity (Wildman–Crippen MR) is 120 cm³/mol. The maximum absolute atomic E-state index is 12.4. The second-order valence-electron chi connectivity index (χ2n) is 7.28. The molecule has 0 aliphatic rings. The molecule has 0 unspecified atom stereocenters. The van der Waals surface area contributed by atoms with Gasteiger partial charge in [-0.05, 0) is 59.3 Å². The van der Waals surface area contributed by atoms with E-state index in [2.05, 4.69) is 36.9 Å². The van der Waals surface area contributed by atoms with Crippen molar-refractivity contribution in [3.63, 3.8) is 0 Å². The highest BCUT2D eigenvalue weighted by atomic mass is 16.5. The summed E-state index contributed by atoms with van der Waals surface area (Å²) in [7, 11) is 0. The lowest BCUT2D eigenvalue weighted by atomic mass is 10.2. The number of nitrogens with zero attached hydrogens (tertiary/aromatic N) is 5. The number of amides is 1. The minimum absolute atomic E-state index is 0.132. The first-order valence-corrected chi connectivity index (χ1v) is 9.97. The Labute approximate surface area is 183 Å². The van der Waals surface area contributed by atoms with Crippen molar-refractivity contribution in [2.45, 2.75) is 6.92 Å². The van der Waals surface area contributed by atoms with E-state index in [-0.39, 0.29) is 12.5 Å². The molecular weight excluding hydrogens is 406 g/mol. The third-order valence-corrected chi connectivity index (χ3v) is 4.86. The molecule has 158 valence electrons. The number of aromatic nitrogens is 6. The first-order valence-electron chi connectivity index (χ1n) is 9.97. The summed E-state index contributed by atoms with van der Waals surface area (Å²) in [6.07, 6.45) is 1.49. The highest BCUT2D eigenvalue weighted by molar-refractivity contribution is 5.92. The molecule has 0 bridgehead atoms. The zero-order chi connectivity index (χ0) is 21.9. The van der Waals surface area contributed by atoms with Crippen LogP contribution in [0.3, 0.4) is 0 Å². The molecule has 5 aromatic rings. The molecule has 0 aliphatic carbocycles. The molecule has 0 radical (unpaired) electrons. The zero-order valence-electron chi connectivity index (χ0n) is 17.2. The fourth-order valence-electron chi connectivity index (χ4n) is 3.35. The van der Waals surface area contributed by atoms with Crippen LogP contribution in [0.4, 0.5) is 5.69 Å². The lowest BCUT2D eigenvalue weighted by Gasteiger charge is -2.09. The van der Waals surface area contributed by atoms with Crippen molar-refractivity contribution < 1.29 is 9.53 Å². The summed E-state index contributed by atoms with van der Waals surface area (Å²) < 4.78 is 7.14. The number of ether oxygens (including phenoxy) is 1. The third-order valence-electron chi connectivity index (χ3n) is 4.86. The number of carbonyl (C=O) groups is 1. The Balaban J connectivity index is 1.25. The molecule has 0 saturated carbocycles. The highest BCUT2D eigenvalue weighted by Gasteiger charge is 2.09. The summed E-state index contributed by atoms with van der Waals surface area (Å²) in [5, 5.41) is 13.9. The summed E-state index contributed by atoms with van der Waals surface area (Å²) in [5.41, 5.74) is 5.32. The van der Waals surface area contributed by atoms with Crippen molar-refractivity contribution in [1.29, 1.82) is 0 Å². The fourth-order valence-corrected chi connectivity index (χ4v) is 3.35. The average Bonchev–Trinajstić information content (AvgIpc) is 3.48. The van der Waals surface area contributed by atoms with E-state index in [0.717, 1.165) is 33.7 Å². The summed E-state index contributed by atoms with van der Waals surface area (Å²) in [6.45, 7) is 1.91. The number of nitrogens with one attached hydrogen (secondary N) is 2. The molecule has 5 rings (SSSR count). The highest BCUT2D eigenvalue weighted by Crippen LogP contribution is 2.24. The van der Waals surface area contributed by atoms with E-state index < -0.39 is 0 Å². The van der Waals surface area contributed by atoms with Gasteiger partial charge in [-0.3, -0.25) is 4.79 Å². The summed E-state index contributed by atoms with van der Waals surface area (Å²) in [6, 6.07) is 20.8. The average molecular weight is 425 g/mol. The number of fused-ring (bicyclic) bond motifs is 1. The lowest BCUT2D eigenvalue weighted by molar-refractivity contribution is -0.118. The molecule has 0 saturated heterocycles. The Morgan fingerprint density at radius 2 is 2.00 bits per heavy atom. The van der Waals surface area contributed by atoms with Gasteiger partial charge in [-0.1, -0.05) is 24.3 Å². The van der Waals surface area contributed by atoms with E-state index in [0.29, 0.717) is 11.4 Å². The number of tetrazole rings is 1. The predicted octanol–water partition coefficient (Wildman–Crippen LogP) is 3.53. The Morgan fingerprint density at radius 3 is 2.88 bits per heavy atom. The minimum atomic E-state index is -0.268. The first-order chi connectivity index (χ1) is 15.6. The van der Waals surface area contributed by atoms with E-state index in [9.17, 15) is 4.79 Å². The Hall–Kier alpha value is -4.53. The second kappa shape index (κ2) is 8.31. The van der Waals surface area contributed by atoms with Gasteiger partial charge in [0.25, 0.3) is 5.91 Å². The number of aromatic amines is 1. The second-order valence-corrected chi connectivity index (χ2v) is 7.28.